The summed E-state index contributed by atoms with van der Waals surface area (Å²) in [5.41, 5.74) is 26.8. The van der Waals surface area contributed by atoms with Crippen molar-refractivity contribution in [3.8, 4) is 5.75 Å². The largest absolute Gasteiger partial charge is 0.508 e. The minimum absolute atomic E-state index is 0.0106. The lowest BCUT2D eigenvalue weighted by atomic mass is 9.78. The van der Waals surface area contributed by atoms with Crippen molar-refractivity contribution in [2.75, 3.05) is 65.4 Å². The molecule has 22 N–H and O–H groups in total. The summed E-state index contributed by atoms with van der Waals surface area (Å²) in [6.45, 7) is 3.70. The molecule has 6 heterocycles. The molecule has 754 valence electrons. The van der Waals surface area contributed by atoms with Gasteiger partial charge in [-0.3, -0.25) is 86.3 Å². The zero-order chi connectivity index (χ0) is 101. The van der Waals surface area contributed by atoms with Crippen LogP contribution in [0.5, 0.6) is 5.75 Å². The number of aromatic amines is 3. The maximum Gasteiger partial charge on any atom is 0.303 e. The van der Waals surface area contributed by atoms with Crippen LogP contribution in [0.15, 0.2) is 97.7 Å². The number of Topliss-reactive ketones (excluding diaryl/α,β-unsaturated/α-hetero) is 1. The molecule has 3 aromatic heterocycles. The zero-order valence-corrected chi connectivity index (χ0v) is 80.4. The van der Waals surface area contributed by atoms with Gasteiger partial charge in [0.05, 0.1) is 36.8 Å². The third-order valence-corrected chi connectivity index (χ3v) is 27.7. The van der Waals surface area contributed by atoms with Gasteiger partial charge in [-0.2, -0.15) is 0 Å². The molecule has 0 unspecified atom stereocenters. The van der Waals surface area contributed by atoms with Gasteiger partial charge in [0.2, 0.25) is 94.5 Å². The maximum absolute atomic E-state index is 16.0. The molecule has 16 amide bonds. The molecule has 139 heavy (non-hydrogen) atoms. The second kappa shape index (κ2) is 51.9. The van der Waals surface area contributed by atoms with E-state index in [0.29, 0.717) is 64.2 Å². The number of nitrogens with one attached hydrogen (secondary N) is 12. The normalized spacial score (nSPS) is 25.2. The number of aromatic hydroxyl groups is 1. The standard InChI is InChI=1S/C96H134N22O20S/c1-7-9-25-75-90(132)108-68(35-37-98)88(130)113-74(86(128)104-49-81(100)122)51-139-52-82(123)106-71(39-55-28-30-62(119)31-29-55)92(134)114(4)54(3)84(126)111-73(45-80(99)121)95(137)117-38-18-27-76(117)91(133)110-70(44-61-48-101-53-105-61)89(131)109-69(32-33-83(124)125)94(136)118-50-60(56-19-12-11-13-20-56)42-78(118)79(120)43-57(40-58-46-102-65-23-16-14-21-63(58)65)85(127)107-67(34-36-97)87(129)112-72(41-59-47-103-66-24-17-15-22-64(59)66)93(135)116(6)77(26-10-8-2)96(138)115(75)5/h14-17,21-24,28-31,46-48,53-54,56-57,60,67-78,102-103,119H,7-13,18-20,25-27,32-45,49-52,97-98H2,1-6H3,(H2,99,121)(H2,100,122)(H,101,105)(H,104,128)(H,106,123)(H,107,127)(H,108,132)(H,109,131)(H,110,133)(H,111,126)(H,112,129)(H,113,130)(H,124,125)/t54-,57+,60+,67-,68-,69-,70-,71-,72-,73-,74-,75-,76-,77-,78-/m0/s1. The number of fused-ring (bicyclic) bond motifs is 4. The number of thioether (sulfide) groups is 1. The number of phenols is 1. The van der Waals surface area contributed by atoms with Gasteiger partial charge in [0.15, 0.2) is 5.78 Å². The third-order valence-electron chi connectivity index (χ3n) is 26.7. The van der Waals surface area contributed by atoms with Crippen LogP contribution in [0.1, 0.15) is 172 Å². The molecule has 6 aromatic rings. The van der Waals surface area contributed by atoms with Crippen molar-refractivity contribution in [1.82, 2.24) is 92.3 Å². The number of phenolic OH excluding ortho intramolecular Hbond substituents is 1. The van der Waals surface area contributed by atoms with Gasteiger partial charge in [0, 0.05) is 118 Å². The van der Waals surface area contributed by atoms with Crippen molar-refractivity contribution in [2.45, 2.75) is 253 Å². The van der Waals surface area contributed by atoms with Crippen LogP contribution in [-0.2, 0) is 112 Å². The number of ketones is 1. The highest BCUT2D eigenvalue weighted by Gasteiger charge is 2.48. The number of carboxylic acids is 1. The number of amides is 16. The molecular weight excluding hydrogens is 1810 g/mol. The van der Waals surface area contributed by atoms with Crippen LogP contribution in [-0.4, -0.2) is 305 Å². The van der Waals surface area contributed by atoms with E-state index in [1.54, 1.807) is 30.6 Å². The van der Waals surface area contributed by atoms with E-state index in [2.05, 4.69) is 67.8 Å². The molecule has 3 aliphatic heterocycles. The van der Waals surface area contributed by atoms with Gasteiger partial charge in [-0.05, 0) is 131 Å². The Morgan fingerprint density at radius 3 is 1.69 bits per heavy atom. The molecule has 0 radical (unpaired) electrons. The fraction of sp³-hybridized carbons (Fsp3) is 0.552. The molecule has 4 aliphatic rings. The van der Waals surface area contributed by atoms with E-state index in [4.69, 9.17) is 22.9 Å². The molecule has 4 fully saturated rings. The number of unbranched alkanes of at least 4 members (excludes halogenated alkanes) is 2. The minimum atomic E-state index is -1.80. The van der Waals surface area contributed by atoms with Gasteiger partial charge in [-0.15, -0.1) is 11.8 Å². The van der Waals surface area contributed by atoms with Gasteiger partial charge in [-0.25, -0.2) is 4.98 Å². The number of nitrogens with two attached hydrogens (primary N) is 4. The molecule has 10 rings (SSSR count). The highest BCUT2D eigenvalue weighted by molar-refractivity contribution is 8.00. The molecule has 3 saturated heterocycles. The van der Waals surface area contributed by atoms with E-state index < -0.39 is 234 Å². The predicted octanol–water partition coefficient (Wildman–Crippen LogP) is 0.258. The fourth-order valence-corrected chi connectivity index (χ4v) is 19.6. The number of aliphatic carboxylic acids is 1. The van der Waals surface area contributed by atoms with Crippen LogP contribution in [0.3, 0.4) is 0 Å². The molecule has 0 spiro atoms. The lowest BCUT2D eigenvalue weighted by Crippen LogP contribution is -2.60. The number of carbonyl (C=O) groups is 18. The number of H-pyrrole nitrogens is 3. The topological polar surface area (TPSA) is 637 Å². The quantitative estimate of drug-likeness (QED) is 0.0329. The Kier molecular flexibility index (Phi) is 40.2. The van der Waals surface area contributed by atoms with Crippen molar-refractivity contribution < 1.29 is 96.5 Å². The van der Waals surface area contributed by atoms with Crippen LogP contribution in [0.4, 0.5) is 0 Å². The number of primary amides is 2. The Hall–Kier alpha value is -13.3. The van der Waals surface area contributed by atoms with E-state index in [1.807, 2.05) is 44.2 Å². The first-order valence-corrected chi connectivity index (χ1v) is 48.9. The number of likely N-dealkylation sites (N-methyl/N-ethyl adjacent to an activating group) is 3. The maximum atomic E-state index is 16.0. The Balaban J connectivity index is 1.04. The SMILES string of the molecule is CCCC[C@H]1C(=O)N(C)[C@@H](CCCC)C(=O)N[C@@H](CCN)C(=O)N[C@H](C(=O)NCC(N)=O)CSCC(=O)N[C@@H](Cc2ccc(O)cc2)C(=O)N(C)[C@@H](C)C(=O)N[C@@H](CC(N)=O)C(=O)N2CCC[C@H]2C(=O)N[C@@H](Cc2c[nH]cn2)C(=O)N[C@@H](CCC(=O)O)C(=O)N2C[C@H](C3CCCCC3)C[C@H]2C(=O)C[C@@H](Cc2c[nH]c3ccccc23)C(=O)N[C@@H](CCN)C(=O)N[C@@H](Cc2c[nH]c3ccccc23)C(=O)N1C. The van der Waals surface area contributed by atoms with Gasteiger partial charge < -0.3 is 120 Å². The average molecular weight is 1950 g/mol. The zero-order valence-electron chi connectivity index (χ0n) is 79.5. The molecular formula is C96H134N22O20S. The van der Waals surface area contributed by atoms with Crippen LogP contribution in [0, 0.1) is 17.8 Å². The number of nitrogens with zero attached hydrogens (tertiary/aromatic N) is 6. The van der Waals surface area contributed by atoms with Gasteiger partial charge in [0.25, 0.3) is 0 Å². The molecule has 43 heteroatoms. The number of carbonyl (C=O) groups excluding carboxylic acids is 17. The van der Waals surface area contributed by atoms with Crippen molar-refractivity contribution in [3.05, 3.63) is 120 Å². The lowest BCUT2D eigenvalue weighted by molar-refractivity contribution is -0.149. The number of hydrogen-bond acceptors (Lipinski definition) is 23. The van der Waals surface area contributed by atoms with Crippen molar-refractivity contribution in [2.24, 2.45) is 40.7 Å². The number of imidazole rings is 1. The molecule has 3 aromatic carbocycles. The van der Waals surface area contributed by atoms with Crippen LogP contribution in [0.2, 0.25) is 0 Å². The molecule has 0 bridgehead atoms. The van der Waals surface area contributed by atoms with Crippen molar-refractivity contribution in [1.29, 1.82) is 0 Å². The summed E-state index contributed by atoms with van der Waals surface area (Å²) in [5, 5.41) is 46.1. The fourth-order valence-electron chi connectivity index (χ4n) is 18.8. The highest BCUT2D eigenvalue weighted by atomic mass is 32.2. The average Bonchev–Trinajstić information content (AvgIpc) is 1.64. The van der Waals surface area contributed by atoms with Crippen LogP contribution < -0.4 is 70.8 Å². The molecule has 42 nitrogen and oxygen atoms in total. The Morgan fingerprint density at radius 2 is 1.08 bits per heavy atom. The van der Waals surface area contributed by atoms with E-state index in [9.17, 15) is 48.6 Å². The number of aromatic nitrogens is 4. The number of benzene rings is 3. The number of carboxylic acid groups (broad SMARTS) is 1. The summed E-state index contributed by atoms with van der Waals surface area (Å²) < 4.78 is 0. The summed E-state index contributed by atoms with van der Waals surface area (Å²) in [4.78, 5) is 285. The Morgan fingerprint density at radius 1 is 0.518 bits per heavy atom. The van der Waals surface area contributed by atoms with Gasteiger partial charge in [-0.1, -0.05) is 120 Å². The first-order chi connectivity index (χ1) is 66.5. The highest BCUT2D eigenvalue weighted by Crippen LogP contribution is 2.40. The van der Waals surface area contributed by atoms with Crippen LogP contribution >= 0.6 is 11.8 Å². The first-order valence-electron chi connectivity index (χ1n) is 47.8. The summed E-state index contributed by atoms with van der Waals surface area (Å²) >= 11 is 0.774. The van der Waals surface area contributed by atoms with E-state index >= 15 is 47.9 Å². The van der Waals surface area contributed by atoms with E-state index in [0.717, 1.165) is 53.7 Å². The van der Waals surface area contributed by atoms with Crippen LogP contribution in [0.25, 0.3) is 21.8 Å². The van der Waals surface area contributed by atoms with E-state index in [1.165, 1.54) is 79.6 Å². The van der Waals surface area contributed by atoms with Crippen molar-refractivity contribution >= 4 is 140 Å². The monoisotopic (exact) mass is 1950 g/mol. The van der Waals surface area contributed by atoms with Gasteiger partial charge in [0.1, 0.15) is 78.3 Å². The molecule has 1 saturated carbocycles. The molecule has 1 aliphatic carbocycles. The van der Waals surface area contributed by atoms with E-state index in [-0.39, 0.29) is 120 Å². The summed E-state index contributed by atoms with van der Waals surface area (Å²) in [5.74, 6) is -19.2. The lowest BCUT2D eigenvalue weighted by Gasteiger charge is -2.36. The number of para-hydroxylation sites is 2. The summed E-state index contributed by atoms with van der Waals surface area (Å²) in [6, 6.07) is 0.363. The number of hydrogen-bond donors (Lipinski definition) is 18. The summed E-state index contributed by atoms with van der Waals surface area (Å²) in [6.07, 6.45) is 8.24. The number of rotatable bonds is 27. The third kappa shape index (κ3) is 29.6. The second-order valence-corrected chi connectivity index (χ2v) is 37.6. The first kappa shape index (κ1) is 108. The minimum Gasteiger partial charge on any atom is -0.508 e. The Labute approximate surface area is 809 Å². The smallest absolute Gasteiger partial charge is 0.303 e. The Bertz CT molecular complexity index is 5340. The van der Waals surface area contributed by atoms with Gasteiger partial charge >= 0.3 is 5.97 Å². The molecule has 15 atom stereocenters. The summed E-state index contributed by atoms with van der Waals surface area (Å²) in [7, 11) is 3.99. The predicted molar refractivity (Wildman–Crippen MR) is 514 cm³/mol. The second-order valence-electron chi connectivity index (χ2n) is 36.6. The van der Waals surface area contributed by atoms with Crippen molar-refractivity contribution in [3.63, 3.8) is 0 Å².